The fourth-order valence-corrected chi connectivity index (χ4v) is 3.05. The van der Waals surface area contributed by atoms with E-state index in [0.29, 0.717) is 12.1 Å². The minimum Gasteiger partial charge on any atom is -0.378 e. The van der Waals surface area contributed by atoms with Gasteiger partial charge in [-0.15, -0.1) is 0 Å². The zero-order chi connectivity index (χ0) is 14.5. The predicted octanol–water partition coefficient (Wildman–Crippen LogP) is 3.73. The molecule has 0 amide bonds. The van der Waals surface area contributed by atoms with Crippen molar-refractivity contribution in [3.63, 3.8) is 0 Å². The van der Waals surface area contributed by atoms with Crippen LogP contribution in [-0.2, 0) is 4.74 Å². The first-order chi connectivity index (χ1) is 9.63. The minimum absolute atomic E-state index is 0.218. The van der Waals surface area contributed by atoms with Gasteiger partial charge in [0.15, 0.2) is 0 Å². The molecule has 0 aromatic carbocycles. The summed E-state index contributed by atoms with van der Waals surface area (Å²) in [5.74, 6) is 0. The van der Waals surface area contributed by atoms with Gasteiger partial charge in [0.2, 0.25) is 0 Å². The molecule has 2 heterocycles. The van der Waals surface area contributed by atoms with Crippen molar-refractivity contribution in [1.29, 1.82) is 0 Å². The van der Waals surface area contributed by atoms with E-state index in [1.807, 2.05) is 4.68 Å². The third-order valence-electron chi connectivity index (χ3n) is 3.77. The third-order valence-corrected chi connectivity index (χ3v) is 4.06. The van der Waals surface area contributed by atoms with E-state index < -0.39 is 0 Å². The topological polar surface area (TPSA) is 39.1 Å². The number of halogens is 1. The maximum atomic E-state index is 6.38. The fourth-order valence-electron chi connectivity index (χ4n) is 2.79. The first kappa shape index (κ1) is 15.8. The Kier molecular flexibility index (Phi) is 5.87. The summed E-state index contributed by atoms with van der Waals surface area (Å²) in [6.07, 6.45) is 6.50. The van der Waals surface area contributed by atoms with Crippen LogP contribution in [0.2, 0.25) is 5.02 Å². The van der Waals surface area contributed by atoms with Crippen molar-refractivity contribution in [2.75, 3.05) is 13.2 Å². The Morgan fingerprint density at radius 2 is 2.35 bits per heavy atom. The monoisotopic (exact) mass is 299 g/mol. The van der Waals surface area contributed by atoms with E-state index in [1.54, 1.807) is 6.20 Å². The second-order valence-electron chi connectivity index (χ2n) is 5.79. The maximum Gasteiger partial charge on any atom is 0.0834 e. The quantitative estimate of drug-likeness (QED) is 0.834. The van der Waals surface area contributed by atoms with Crippen LogP contribution in [-0.4, -0.2) is 29.0 Å². The molecule has 1 aliphatic heterocycles. The summed E-state index contributed by atoms with van der Waals surface area (Å²) < 4.78 is 7.82. The van der Waals surface area contributed by atoms with Gasteiger partial charge < -0.3 is 10.1 Å². The van der Waals surface area contributed by atoms with Gasteiger partial charge in [-0.05, 0) is 46.1 Å². The molecule has 1 aromatic rings. The molecule has 2 rings (SSSR count). The summed E-state index contributed by atoms with van der Waals surface area (Å²) in [5, 5.41) is 8.79. The first-order valence-corrected chi connectivity index (χ1v) is 8.09. The van der Waals surface area contributed by atoms with Crippen LogP contribution in [0.3, 0.4) is 0 Å². The predicted molar refractivity (Wildman–Crippen MR) is 82.2 cm³/mol. The van der Waals surface area contributed by atoms with Crippen LogP contribution in [0.15, 0.2) is 6.20 Å². The molecule has 2 atom stereocenters. The molecule has 1 fully saturated rings. The lowest BCUT2D eigenvalue weighted by Crippen LogP contribution is -2.29. The number of nitrogens with one attached hydrogen (secondary N) is 1. The van der Waals surface area contributed by atoms with E-state index >= 15 is 0 Å². The summed E-state index contributed by atoms with van der Waals surface area (Å²) in [6.45, 7) is 8.32. The summed E-state index contributed by atoms with van der Waals surface area (Å²) in [6, 6.07) is 0.531. The van der Waals surface area contributed by atoms with Gasteiger partial charge in [-0.2, -0.15) is 5.10 Å². The lowest BCUT2D eigenvalue weighted by Gasteiger charge is -2.24. The standard InChI is InChI=1S/C15H26ClN3O/c1-4-7-17-14(9-12-6-5-8-20-12)15-13(16)10-18-19(15)11(2)3/h10-12,14,17H,4-9H2,1-3H3. The normalized spacial score (nSPS) is 20.8. The Morgan fingerprint density at radius 1 is 1.55 bits per heavy atom. The van der Waals surface area contributed by atoms with Crippen molar-refractivity contribution in [1.82, 2.24) is 15.1 Å². The third kappa shape index (κ3) is 3.74. The van der Waals surface area contributed by atoms with Crippen molar-refractivity contribution in [2.24, 2.45) is 0 Å². The van der Waals surface area contributed by atoms with Crippen LogP contribution >= 0.6 is 11.6 Å². The molecule has 0 spiro atoms. The van der Waals surface area contributed by atoms with E-state index in [2.05, 4.69) is 31.2 Å². The molecule has 0 bridgehead atoms. The van der Waals surface area contributed by atoms with Gasteiger partial charge in [-0.3, -0.25) is 4.68 Å². The average Bonchev–Trinajstić information content (AvgIpc) is 3.04. The van der Waals surface area contributed by atoms with Crippen molar-refractivity contribution in [3.05, 3.63) is 16.9 Å². The highest BCUT2D eigenvalue weighted by molar-refractivity contribution is 6.31. The maximum absolute atomic E-state index is 6.38. The molecule has 2 unspecified atom stereocenters. The minimum atomic E-state index is 0.218. The molecule has 0 saturated carbocycles. The second kappa shape index (κ2) is 7.43. The number of ether oxygens (including phenoxy) is 1. The highest BCUT2D eigenvalue weighted by Gasteiger charge is 2.26. The number of hydrogen-bond donors (Lipinski definition) is 1. The van der Waals surface area contributed by atoms with Gasteiger partial charge >= 0.3 is 0 Å². The molecule has 1 N–H and O–H groups in total. The highest BCUT2D eigenvalue weighted by atomic mass is 35.5. The lowest BCUT2D eigenvalue weighted by molar-refractivity contribution is 0.0934. The Bertz CT molecular complexity index is 413. The first-order valence-electron chi connectivity index (χ1n) is 7.71. The molecule has 4 nitrogen and oxygen atoms in total. The van der Waals surface area contributed by atoms with Crippen molar-refractivity contribution >= 4 is 11.6 Å². The van der Waals surface area contributed by atoms with Gasteiger partial charge in [-0.1, -0.05) is 18.5 Å². The lowest BCUT2D eigenvalue weighted by atomic mass is 10.0. The molecule has 0 aliphatic carbocycles. The Labute approximate surface area is 126 Å². The van der Waals surface area contributed by atoms with E-state index in [-0.39, 0.29) is 6.04 Å². The van der Waals surface area contributed by atoms with Crippen molar-refractivity contribution < 1.29 is 4.74 Å². The molecule has 0 radical (unpaired) electrons. The summed E-state index contributed by atoms with van der Waals surface area (Å²) in [5.41, 5.74) is 1.10. The van der Waals surface area contributed by atoms with Crippen molar-refractivity contribution in [3.8, 4) is 0 Å². The van der Waals surface area contributed by atoms with Gasteiger partial charge in [0.1, 0.15) is 0 Å². The molecular weight excluding hydrogens is 274 g/mol. The van der Waals surface area contributed by atoms with Gasteiger partial charge in [0.05, 0.1) is 29.1 Å². The molecule has 1 aliphatic rings. The number of hydrogen-bond acceptors (Lipinski definition) is 3. The van der Waals surface area contributed by atoms with Crippen LogP contribution in [0.5, 0.6) is 0 Å². The summed E-state index contributed by atoms with van der Waals surface area (Å²) in [4.78, 5) is 0. The SMILES string of the molecule is CCCNC(CC1CCCO1)c1c(Cl)cnn1C(C)C. The molecule has 1 aromatic heterocycles. The fraction of sp³-hybridized carbons (Fsp3) is 0.800. The van der Waals surface area contributed by atoms with Crippen LogP contribution in [0.1, 0.15) is 64.2 Å². The second-order valence-corrected chi connectivity index (χ2v) is 6.20. The summed E-state index contributed by atoms with van der Waals surface area (Å²) in [7, 11) is 0. The molecule has 20 heavy (non-hydrogen) atoms. The van der Waals surface area contributed by atoms with Gasteiger partial charge in [0.25, 0.3) is 0 Å². The van der Waals surface area contributed by atoms with Gasteiger partial charge in [-0.25, -0.2) is 0 Å². The van der Waals surface area contributed by atoms with Crippen LogP contribution in [0, 0.1) is 0 Å². The van der Waals surface area contributed by atoms with E-state index in [4.69, 9.17) is 16.3 Å². The Balaban J connectivity index is 2.18. The molecular formula is C15H26ClN3O. The van der Waals surface area contributed by atoms with Crippen LogP contribution < -0.4 is 5.32 Å². The number of aromatic nitrogens is 2. The molecule has 1 saturated heterocycles. The smallest absolute Gasteiger partial charge is 0.0834 e. The Morgan fingerprint density at radius 3 is 2.95 bits per heavy atom. The van der Waals surface area contributed by atoms with Gasteiger partial charge in [0, 0.05) is 12.6 Å². The van der Waals surface area contributed by atoms with Crippen molar-refractivity contribution in [2.45, 2.75) is 64.6 Å². The Hall–Kier alpha value is -0.580. The van der Waals surface area contributed by atoms with E-state index in [1.165, 1.54) is 6.42 Å². The zero-order valence-electron chi connectivity index (χ0n) is 12.7. The highest BCUT2D eigenvalue weighted by Crippen LogP contribution is 2.31. The molecule has 114 valence electrons. The largest absolute Gasteiger partial charge is 0.378 e. The average molecular weight is 300 g/mol. The van der Waals surface area contributed by atoms with E-state index in [0.717, 1.165) is 43.1 Å². The number of rotatable bonds is 7. The summed E-state index contributed by atoms with van der Waals surface area (Å²) >= 11 is 6.38. The van der Waals surface area contributed by atoms with Crippen LogP contribution in [0.25, 0.3) is 0 Å². The zero-order valence-corrected chi connectivity index (χ0v) is 13.5. The molecule has 5 heteroatoms. The number of nitrogens with zero attached hydrogens (tertiary/aromatic N) is 2. The van der Waals surface area contributed by atoms with Crippen LogP contribution in [0.4, 0.5) is 0 Å². The van der Waals surface area contributed by atoms with E-state index in [9.17, 15) is 0 Å².